The predicted octanol–water partition coefficient (Wildman–Crippen LogP) is 0.638. The van der Waals surface area contributed by atoms with E-state index in [0.29, 0.717) is 5.69 Å². The second kappa shape index (κ2) is 3.50. The van der Waals surface area contributed by atoms with Crippen molar-refractivity contribution in [2.45, 2.75) is 0 Å². The fraction of sp³-hybridized carbons (Fsp3) is 0.125. The summed E-state index contributed by atoms with van der Waals surface area (Å²) in [6.07, 6.45) is 1.58. The predicted molar refractivity (Wildman–Crippen MR) is 56.4 cm³/mol. The number of nitrogens with zero attached hydrogens (tertiary/aromatic N) is 3. The van der Waals surface area contributed by atoms with Crippen LogP contribution in [0, 0.1) is 0 Å². The molecule has 0 radical (unpaired) electrons. The summed E-state index contributed by atoms with van der Waals surface area (Å²) in [6, 6.07) is 1.69. The van der Waals surface area contributed by atoms with Crippen LogP contribution in [-0.4, -0.2) is 24.9 Å². The van der Waals surface area contributed by atoms with Gasteiger partial charge in [0.1, 0.15) is 10.2 Å². The van der Waals surface area contributed by atoms with Gasteiger partial charge in [0.05, 0.1) is 0 Å². The Morgan fingerprint density at radius 1 is 1.60 bits per heavy atom. The Morgan fingerprint density at radius 2 is 2.33 bits per heavy atom. The zero-order valence-electron chi connectivity index (χ0n) is 7.73. The molecule has 0 aromatic carbocycles. The molecule has 0 aliphatic heterocycles. The zero-order chi connectivity index (χ0) is 11.0. The highest BCUT2D eigenvalue weighted by atomic mass is 79.9. The van der Waals surface area contributed by atoms with Crippen LogP contribution in [0.15, 0.2) is 21.5 Å². The first-order chi connectivity index (χ1) is 7.09. The van der Waals surface area contributed by atoms with Crippen molar-refractivity contribution in [2.24, 2.45) is 7.05 Å². The molecule has 0 saturated heterocycles. The Hall–Kier alpha value is -1.63. The molecule has 6 nitrogen and oxygen atoms in total. The van der Waals surface area contributed by atoms with E-state index >= 15 is 0 Å². The van der Waals surface area contributed by atoms with Crippen molar-refractivity contribution in [2.75, 3.05) is 0 Å². The lowest BCUT2D eigenvalue weighted by Gasteiger charge is -2.02. The van der Waals surface area contributed by atoms with Gasteiger partial charge in [-0.05, 0) is 22.0 Å². The molecule has 2 heterocycles. The second-order valence-corrected chi connectivity index (χ2v) is 3.69. The van der Waals surface area contributed by atoms with Crippen molar-refractivity contribution < 1.29 is 5.11 Å². The van der Waals surface area contributed by atoms with Crippen LogP contribution < -0.4 is 5.56 Å². The standard InChI is InChI=1S/C8H7BrN4O2/c1-13-4(2-3-10-13)6-11-7(14)5(9)8(15)12-6/h2-3H,1H3,(H2,11,12,14,15). The summed E-state index contributed by atoms with van der Waals surface area (Å²) in [6.45, 7) is 0. The SMILES string of the molecule is Cn1nccc1-c1nc(O)c(Br)c(=O)[nH]1. The molecular weight excluding hydrogens is 264 g/mol. The van der Waals surface area contributed by atoms with Crippen molar-refractivity contribution in [3.05, 3.63) is 27.1 Å². The van der Waals surface area contributed by atoms with E-state index < -0.39 is 5.56 Å². The van der Waals surface area contributed by atoms with Gasteiger partial charge in [-0.25, -0.2) is 0 Å². The van der Waals surface area contributed by atoms with Crippen LogP contribution in [0.25, 0.3) is 11.5 Å². The topological polar surface area (TPSA) is 83.8 Å². The van der Waals surface area contributed by atoms with Gasteiger partial charge in [-0.2, -0.15) is 10.1 Å². The molecule has 0 bridgehead atoms. The third-order valence-electron chi connectivity index (χ3n) is 1.91. The van der Waals surface area contributed by atoms with E-state index in [1.54, 1.807) is 24.0 Å². The van der Waals surface area contributed by atoms with Crippen LogP contribution >= 0.6 is 15.9 Å². The highest BCUT2D eigenvalue weighted by Crippen LogP contribution is 2.19. The number of H-pyrrole nitrogens is 1. The molecule has 78 valence electrons. The molecule has 0 fully saturated rings. The van der Waals surface area contributed by atoms with Crippen molar-refractivity contribution >= 4 is 15.9 Å². The van der Waals surface area contributed by atoms with Crippen LogP contribution in [0.3, 0.4) is 0 Å². The molecular formula is C8H7BrN4O2. The maximum absolute atomic E-state index is 11.3. The monoisotopic (exact) mass is 270 g/mol. The number of aromatic nitrogens is 4. The van der Waals surface area contributed by atoms with E-state index in [9.17, 15) is 9.90 Å². The van der Waals surface area contributed by atoms with E-state index in [0.717, 1.165) is 0 Å². The lowest BCUT2D eigenvalue weighted by Crippen LogP contribution is -2.11. The first-order valence-corrected chi connectivity index (χ1v) is 4.86. The fourth-order valence-corrected chi connectivity index (χ4v) is 1.36. The Balaban J connectivity index is 2.66. The van der Waals surface area contributed by atoms with Gasteiger partial charge in [-0.1, -0.05) is 0 Å². The third-order valence-corrected chi connectivity index (χ3v) is 2.62. The van der Waals surface area contributed by atoms with Crippen LogP contribution in [0.4, 0.5) is 0 Å². The quantitative estimate of drug-likeness (QED) is 0.797. The minimum atomic E-state index is -0.432. The molecule has 2 aromatic heterocycles. The Morgan fingerprint density at radius 3 is 2.87 bits per heavy atom. The van der Waals surface area contributed by atoms with Gasteiger partial charge in [0.2, 0.25) is 5.88 Å². The number of aromatic hydroxyl groups is 1. The second-order valence-electron chi connectivity index (χ2n) is 2.89. The van der Waals surface area contributed by atoms with Gasteiger partial charge >= 0.3 is 0 Å². The minimum Gasteiger partial charge on any atom is -0.492 e. The Labute approximate surface area is 92.7 Å². The van der Waals surface area contributed by atoms with Gasteiger partial charge in [0, 0.05) is 13.2 Å². The molecule has 15 heavy (non-hydrogen) atoms. The Bertz CT molecular complexity index is 560. The van der Waals surface area contributed by atoms with E-state index in [2.05, 4.69) is 31.0 Å². The number of aromatic amines is 1. The number of nitrogens with one attached hydrogen (secondary N) is 1. The first kappa shape index (κ1) is 9.91. The highest BCUT2D eigenvalue weighted by molar-refractivity contribution is 9.10. The number of aryl methyl sites for hydroxylation is 1. The summed E-state index contributed by atoms with van der Waals surface area (Å²) in [7, 11) is 1.72. The van der Waals surface area contributed by atoms with Crippen LogP contribution in [-0.2, 0) is 7.05 Å². The summed E-state index contributed by atoms with van der Waals surface area (Å²) in [4.78, 5) is 17.7. The summed E-state index contributed by atoms with van der Waals surface area (Å²) in [5, 5.41) is 13.3. The zero-order valence-corrected chi connectivity index (χ0v) is 9.32. The Kier molecular flexibility index (Phi) is 2.31. The average Bonchev–Trinajstić information content (AvgIpc) is 2.60. The van der Waals surface area contributed by atoms with E-state index in [1.165, 1.54) is 0 Å². The van der Waals surface area contributed by atoms with Crippen LogP contribution in [0.2, 0.25) is 0 Å². The van der Waals surface area contributed by atoms with Gasteiger partial charge in [-0.15, -0.1) is 0 Å². The molecule has 0 spiro atoms. The van der Waals surface area contributed by atoms with Gasteiger partial charge in [-0.3, -0.25) is 9.48 Å². The maximum Gasteiger partial charge on any atom is 0.269 e. The van der Waals surface area contributed by atoms with Gasteiger partial charge < -0.3 is 10.1 Å². The lowest BCUT2D eigenvalue weighted by atomic mass is 10.4. The minimum absolute atomic E-state index is 0.0217. The number of hydrogen-bond acceptors (Lipinski definition) is 4. The molecule has 0 amide bonds. The number of rotatable bonds is 1. The van der Waals surface area contributed by atoms with E-state index in [-0.39, 0.29) is 16.2 Å². The molecule has 0 unspecified atom stereocenters. The highest BCUT2D eigenvalue weighted by Gasteiger charge is 2.11. The molecule has 7 heteroatoms. The molecule has 0 atom stereocenters. The van der Waals surface area contributed by atoms with Crippen LogP contribution in [0.5, 0.6) is 5.88 Å². The molecule has 0 aliphatic carbocycles. The van der Waals surface area contributed by atoms with Gasteiger partial charge in [0.25, 0.3) is 5.56 Å². The molecule has 2 aromatic rings. The van der Waals surface area contributed by atoms with Crippen molar-refractivity contribution in [1.29, 1.82) is 0 Å². The molecule has 0 saturated carbocycles. The smallest absolute Gasteiger partial charge is 0.269 e. The molecule has 2 N–H and O–H groups in total. The first-order valence-electron chi connectivity index (χ1n) is 4.06. The largest absolute Gasteiger partial charge is 0.492 e. The van der Waals surface area contributed by atoms with E-state index in [4.69, 9.17) is 0 Å². The number of halogens is 1. The van der Waals surface area contributed by atoms with Crippen LogP contribution in [0.1, 0.15) is 0 Å². The molecule has 2 rings (SSSR count). The van der Waals surface area contributed by atoms with Crippen molar-refractivity contribution in [3.8, 4) is 17.4 Å². The third kappa shape index (κ3) is 1.65. The van der Waals surface area contributed by atoms with Crippen molar-refractivity contribution in [3.63, 3.8) is 0 Å². The lowest BCUT2D eigenvalue weighted by molar-refractivity contribution is 0.447. The summed E-state index contributed by atoms with van der Waals surface area (Å²) in [5.41, 5.74) is 0.189. The average molecular weight is 271 g/mol. The normalized spacial score (nSPS) is 10.5. The summed E-state index contributed by atoms with van der Waals surface area (Å²) in [5.74, 6) is -0.0596. The van der Waals surface area contributed by atoms with E-state index in [1.807, 2.05) is 0 Å². The van der Waals surface area contributed by atoms with Crippen molar-refractivity contribution in [1.82, 2.24) is 19.7 Å². The summed E-state index contributed by atoms with van der Waals surface area (Å²) < 4.78 is 1.57. The maximum atomic E-state index is 11.3. The number of hydrogen-bond donors (Lipinski definition) is 2. The fourth-order valence-electron chi connectivity index (χ4n) is 1.17. The molecule has 0 aliphatic rings. The summed E-state index contributed by atoms with van der Waals surface area (Å²) >= 11 is 2.92. The van der Waals surface area contributed by atoms with Gasteiger partial charge in [0.15, 0.2) is 5.82 Å².